The van der Waals surface area contributed by atoms with Crippen molar-refractivity contribution in [1.82, 2.24) is 4.90 Å². The standard InChI is InChI=1S/C6H15NO8P2/c8-6(9)5-7(1-3-16(10,11)12)2-4-17(13,14)15/h1-5H2,(H,8,9)(H2,10,11,12)(H2,13,14,15). The number of nitrogens with zero attached hydrogens (tertiary/aromatic N) is 1. The van der Waals surface area contributed by atoms with Gasteiger partial charge in [0, 0.05) is 13.1 Å². The number of aliphatic carboxylic acids is 1. The van der Waals surface area contributed by atoms with E-state index < -0.39 is 40.0 Å². The van der Waals surface area contributed by atoms with Crippen LogP contribution in [-0.2, 0) is 13.9 Å². The van der Waals surface area contributed by atoms with E-state index in [2.05, 4.69) is 0 Å². The van der Waals surface area contributed by atoms with Gasteiger partial charge in [0.2, 0.25) is 0 Å². The molecule has 102 valence electrons. The van der Waals surface area contributed by atoms with Gasteiger partial charge in [-0.15, -0.1) is 0 Å². The lowest BCUT2D eigenvalue weighted by atomic mass is 10.5. The molecule has 0 aromatic carbocycles. The molecule has 0 amide bonds. The van der Waals surface area contributed by atoms with E-state index in [0.29, 0.717) is 0 Å². The van der Waals surface area contributed by atoms with Crippen molar-refractivity contribution in [1.29, 1.82) is 0 Å². The molecule has 0 aromatic rings. The fraction of sp³-hybridized carbons (Fsp3) is 0.833. The zero-order chi connectivity index (χ0) is 13.7. The summed E-state index contributed by atoms with van der Waals surface area (Å²) in [5.74, 6) is -1.23. The van der Waals surface area contributed by atoms with Crippen molar-refractivity contribution < 1.29 is 38.6 Å². The maximum Gasteiger partial charge on any atom is 0.326 e. The normalized spacial score (nSPS) is 13.0. The van der Waals surface area contributed by atoms with E-state index in [-0.39, 0.29) is 13.1 Å². The van der Waals surface area contributed by atoms with Crippen LogP contribution in [0.4, 0.5) is 0 Å². The molecule has 0 radical (unpaired) electrons. The molecule has 0 aliphatic rings. The third-order valence-electron chi connectivity index (χ3n) is 1.77. The summed E-state index contributed by atoms with van der Waals surface area (Å²) in [4.78, 5) is 45.9. The summed E-state index contributed by atoms with van der Waals surface area (Å²) in [6, 6.07) is 0. The second-order valence-corrected chi connectivity index (χ2v) is 7.00. The number of hydrogen-bond acceptors (Lipinski definition) is 4. The summed E-state index contributed by atoms with van der Waals surface area (Å²) in [7, 11) is -8.51. The molecule has 0 aromatic heterocycles. The van der Waals surface area contributed by atoms with Crippen LogP contribution in [0.5, 0.6) is 0 Å². The molecule has 0 saturated carbocycles. The number of carboxylic acids is 1. The molecular weight excluding hydrogens is 276 g/mol. The predicted octanol–water partition coefficient (Wildman–Crippen LogP) is -1.27. The molecule has 0 aliphatic heterocycles. The van der Waals surface area contributed by atoms with Crippen molar-refractivity contribution in [2.24, 2.45) is 0 Å². The molecule has 0 aliphatic carbocycles. The fourth-order valence-corrected chi connectivity index (χ4v) is 2.09. The number of carbonyl (C=O) groups is 1. The molecule has 11 heteroatoms. The molecule has 0 unspecified atom stereocenters. The maximum atomic E-state index is 10.6. The highest BCUT2D eigenvalue weighted by Crippen LogP contribution is 2.35. The van der Waals surface area contributed by atoms with Gasteiger partial charge in [0.1, 0.15) is 0 Å². The first-order valence-electron chi connectivity index (χ1n) is 4.53. The average molecular weight is 291 g/mol. The Bertz CT molecular complexity index is 320. The quantitative estimate of drug-likeness (QED) is 0.344. The van der Waals surface area contributed by atoms with Crippen LogP contribution in [0.3, 0.4) is 0 Å². The van der Waals surface area contributed by atoms with E-state index in [1.165, 1.54) is 0 Å². The van der Waals surface area contributed by atoms with E-state index in [9.17, 15) is 13.9 Å². The topological polar surface area (TPSA) is 156 Å². The van der Waals surface area contributed by atoms with E-state index in [1.54, 1.807) is 0 Å². The largest absolute Gasteiger partial charge is 0.480 e. The molecule has 5 N–H and O–H groups in total. The highest BCUT2D eigenvalue weighted by molar-refractivity contribution is 7.52. The Labute approximate surface area is 97.4 Å². The molecule has 0 fully saturated rings. The SMILES string of the molecule is O=C(O)CN(CCP(=O)(O)O)CCP(=O)(O)O. The van der Waals surface area contributed by atoms with Crippen LogP contribution >= 0.6 is 15.2 Å². The monoisotopic (exact) mass is 291 g/mol. The van der Waals surface area contributed by atoms with Crippen LogP contribution in [0.2, 0.25) is 0 Å². The molecular formula is C6H15NO8P2. The van der Waals surface area contributed by atoms with Gasteiger partial charge in [0.05, 0.1) is 18.9 Å². The third-order valence-corrected chi connectivity index (χ3v) is 3.34. The van der Waals surface area contributed by atoms with Crippen molar-refractivity contribution in [2.45, 2.75) is 0 Å². The van der Waals surface area contributed by atoms with Crippen molar-refractivity contribution in [3.8, 4) is 0 Å². The van der Waals surface area contributed by atoms with Gasteiger partial charge < -0.3 is 24.7 Å². The minimum atomic E-state index is -4.26. The second kappa shape index (κ2) is 6.61. The average Bonchev–Trinajstić information content (AvgIpc) is 2.06. The number of hydrogen-bond donors (Lipinski definition) is 5. The fourth-order valence-electron chi connectivity index (χ4n) is 1.00. The van der Waals surface area contributed by atoms with Crippen LogP contribution in [0, 0.1) is 0 Å². The van der Waals surface area contributed by atoms with Crippen LogP contribution < -0.4 is 0 Å². The Morgan fingerprint density at radius 3 is 1.53 bits per heavy atom. The molecule has 0 saturated heterocycles. The third kappa shape index (κ3) is 12.0. The first-order valence-corrected chi connectivity index (χ1v) is 8.12. The van der Waals surface area contributed by atoms with Crippen molar-refractivity contribution in [2.75, 3.05) is 32.0 Å². The minimum absolute atomic E-state index is 0.240. The zero-order valence-electron chi connectivity index (χ0n) is 8.84. The van der Waals surface area contributed by atoms with E-state index in [0.717, 1.165) is 4.90 Å². The Morgan fingerprint density at radius 1 is 0.941 bits per heavy atom. The van der Waals surface area contributed by atoms with Crippen molar-refractivity contribution >= 4 is 21.2 Å². The summed E-state index contributed by atoms with van der Waals surface area (Å²) >= 11 is 0. The van der Waals surface area contributed by atoms with Gasteiger partial charge in [0.15, 0.2) is 0 Å². The van der Waals surface area contributed by atoms with Gasteiger partial charge in [-0.05, 0) is 0 Å². The molecule has 0 heterocycles. The van der Waals surface area contributed by atoms with Gasteiger partial charge in [-0.3, -0.25) is 18.8 Å². The lowest BCUT2D eigenvalue weighted by Crippen LogP contribution is -2.34. The molecule has 17 heavy (non-hydrogen) atoms. The summed E-state index contributed by atoms with van der Waals surface area (Å²) in [5.41, 5.74) is 0. The lowest BCUT2D eigenvalue weighted by Gasteiger charge is -2.20. The Morgan fingerprint density at radius 2 is 1.29 bits per heavy atom. The Hall–Kier alpha value is -0.270. The number of carboxylic acid groups (broad SMARTS) is 1. The van der Waals surface area contributed by atoms with Crippen molar-refractivity contribution in [3.63, 3.8) is 0 Å². The first-order chi connectivity index (χ1) is 7.49. The van der Waals surface area contributed by atoms with Gasteiger partial charge in [-0.1, -0.05) is 0 Å². The van der Waals surface area contributed by atoms with Crippen LogP contribution in [0.25, 0.3) is 0 Å². The smallest absolute Gasteiger partial charge is 0.326 e. The van der Waals surface area contributed by atoms with E-state index >= 15 is 0 Å². The molecule has 0 rings (SSSR count). The van der Waals surface area contributed by atoms with Crippen LogP contribution in [0.15, 0.2) is 0 Å². The van der Waals surface area contributed by atoms with E-state index in [4.69, 9.17) is 24.7 Å². The number of rotatable bonds is 8. The summed E-state index contributed by atoms with van der Waals surface area (Å²) < 4.78 is 21.2. The summed E-state index contributed by atoms with van der Waals surface area (Å²) in [6.45, 7) is -1.01. The Kier molecular flexibility index (Phi) is 6.50. The minimum Gasteiger partial charge on any atom is -0.480 e. The molecule has 0 spiro atoms. The molecule has 0 bridgehead atoms. The van der Waals surface area contributed by atoms with Crippen LogP contribution in [0.1, 0.15) is 0 Å². The summed E-state index contributed by atoms with van der Waals surface area (Å²) in [5, 5.41) is 8.51. The van der Waals surface area contributed by atoms with Gasteiger partial charge >= 0.3 is 21.2 Å². The second-order valence-electron chi connectivity index (χ2n) is 3.45. The van der Waals surface area contributed by atoms with Gasteiger partial charge in [-0.25, -0.2) is 0 Å². The Balaban J connectivity index is 4.29. The highest BCUT2D eigenvalue weighted by atomic mass is 31.2. The van der Waals surface area contributed by atoms with Gasteiger partial charge in [0.25, 0.3) is 0 Å². The maximum absolute atomic E-state index is 10.6. The van der Waals surface area contributed by atoms with Crippen LogP contribution in [-0.4, -0.2) is 67.5 Å². The summed E-state index contributed by atoms with van der Waals surface area (Å²) in [6.07, 6.45) is -1.11. The lowest BCUT2D eigenvalue weighted by molar-refractivity contribution is -0.138. The predicted molar refractivity (Wildman–Crippen MR) is 57.9 cm³/mol. The first kappa shape index (κ1) is 16.7. The zero-order valence-corrected chi connectivity index (χ0v) is 10.6. The van der Waals surface area contributed by atoms with E-state index in [1.807, 2.05) is 0 Å². The molecule has 9 nitrogen and oxygen atoms in total. The van der Waals surface area contributed by atoms with Gasteiger partial charge in [-0.2, -0.15) is 0 Å². The molecule has 0 atom stereocenters. The highest BCUT2D eigenvalue weighted by Gasteiger charge is 2.20. The van der Waals surface area contributed by atoms with Crippen molar-refractivity contribution in [3.05, 3.63) is 0 Å².